The van der Waals surface area contributed by atoms with Gasteiger partial charge >= 0.3 is 0 Å². The number of Topliss-reactive ketones (excluding diaryl/α,β-unsaturated/α-hetero) is 1. The highest BCUT2D eigenvalue weighted by Crippen LogP contribution is 2.23. The minimum absolute atomic E-state index is 0.00459. The zero-order valence-electron chi connectivity index (χ0n) is 13.0. The van der Waals surface area contributed by atoms with Crippen molar-refractivity contribution in [2.45, 2.75) is 38.6 Å². The summed E-state index contributed by atoms with van der Waals surface area (Å²) in [4.78, 5) is 12.5. The standard InChI is InChI=1S/C19H23NO/c1-19(2,3)16-11-7-10-15(13-16)18(21)17(20)12-14-8-5-4-6-9-14/h4-11,13,17H,12,20H2,1-3H3/t17-/m0/s1. The summed E-state index contributed by atoms with van der Waals surface area (Å²) < 4.78 is 0. The molecule has 0 aliphatic rings. The lowest BCUT2D eigenvalue weighted by Gasteiger charge is -2.20. The molecular formula is C19H23NO. The van der Waals surface area contributed by atoms with Gasteiger partial charge in [-0.1, -0.05) is 69.3 Å². The highest BCUT2D eigenvalue weighted by molar-refractivity contribution is 6.00. The topological polar surface area (TPSA) is 43.1 Å². The third-order valence-electron chi connectivity index (χ3n) is 3.65. The van der Waals surface area contributed by atoms with Gasteiger partial charge in [-0.15, -0.1) is 0 Å². The molecule has 0 aromatic heterocycles. The number of nitrogens with two attached hydrogens (primary N) is 1. The van der Waals surface area contributed by atoms with Crippen LogP contribution in [0.4, 0.5) is 0 Å². The average molecular weight is 281 g/mol. The number of carbonyl (C=O) groups is 1. The van der Waals surface area contributed by atoms with E-state index in [1.54, 1.807) is 0 Å². The summed E-state index contributed by atoms with van der Waals surface area (Å²) in [7, 11) is 0. The fraction of sp³-hybridized carbons (Fsp3) is 0.316. The van der Waals surface area contributed by atoms with Gasteiger partial charge in [0, 0.05) is 5.56 Å². The summed E-state index contributed by atoms with van der Waals surface area (Å²) in [5, 5.41) is 0. The largest absolute Gasteiger partial charge is 0.321 e. The summed E-state index contributed by atoms with van der Waals surface area (Å²) in [6.45, 7) is 6.42. The predicted molar refractivity (Wildman–Crippen MR) is 87.6 cm³/mol. The fourth-order valence-electron chi connectivity index (χ4n) is 2.31. The molecule has 0 fully saturated rings. The zero-order chi connectivity index (χ0) is 15.5. The molecule has 110 valence electrons. The Balaban J connectivity index is 2.16. The maximum absolute atomic E-state index is 12.5. The number of carbonyl (C=O) groups excluding carboxylic acids is 1. The van der Waals surface area contributed by atoms with E-state index in [0.29, 0.717) is 12.0 Å². The SMILES string of the molecule is CC(C)(C)c1cccc(C(=O)[C@@H](N)Cc2ccccc2)c1. The van der Waals surface area contributed by atoms with Crippen LogP contribution in [0.15, 0.2) is 54.6 Å². The van der Waals surface area contributed by atoms with Crippen LogP contribution in [-0.4, -0.2) is 11.8 Å². The van der Waals surface area contributed by atoms with Crippen LogP contribution in [0.25, 0.3) is 0 Å². The molecule has 1 atom stereocenters. The van der Waals surface area contributed by atoms with Gasteiger partial charge in [-0.25, -0.2) is 0 Å². The van der Waals surface area contributed by atoms with Crippen LogP contribution in [0.1, 0.15) is 42.3 Å². The molecule has 2 rings (SSSR count). The minimum Gasteiger partial charge on any atom is -0.321 e. The molecule has 0 radical (unpaired) electrons. The van der Waals surface area contributed by atoms with Gasteiger partial charge in [-0.2, -0.15) is 0 Å². The van der Waals surface area contributed by atoms with Crippen LogP contribution < -0.4 is 5.73 Å². The second-order valence-electron chi connectivity index (χ2n) is 6.49. The Morgan fingerprint density at radius 1 is 1.05 bits per heavy atom. The molecule has 0 saturated heterocycles. The average Bonchev–Trinajstić information content (AvgIpc) is 2.46. The molecule has 0 bridgehead atoms. The first-order valence-electron chi connectivity index (χ1n) is 7.32. The molecule has 0 spiro atoms. The Bertz CT molecular complexity index is 611. The maximum Gasteiger partial charge on any atom is 0.179 e. The monoisotopic (exact) mass is 281 g/mol. The Labute approximate surface area is 127 Å². The van der Waals surface area contributed by atoms with E-state index < -0.39 is 6.04 Å². The van der Waals surface area contributed by atoms with Gasteiger partial charge in [-0.3, -0.25) is 4.79 Å². The van der Waals surface area contributed by atoms with E-state index in [-0.39, 0.29) is 11.2 Å². The van der Waals surface area contributed by atoms with Gasteiger partial charge in [0.1, 0.15) is 0 Å². The van der Waals surface area contributed by atoms with E-state index in [4.69, 9.17) is 5.73 Å². The van der Waals surface area contributed by atoms with Crippen molar-refractivity contribution in [3.05, 3.63) is 71.3 Å². The molecule has 21 heavy (non-hydrogen) atoms. The number of benzene rings is 2. The van der Waals surface area contributed by atoms with E-state index in [2.05, 4.69) is 26.8 Å². The van der Waals surface area contributed by atoms with Crippen LogP contribution in [0, 0.1) is 0 Å². The first-order chi connectivity index (χ1) is 9.88. The third kappa shape index (κ3) is 4.02. The lowest BCUT2D eigenvalue weighted by molar-refractivity contribution is 0.0961. The number of rotatable bonds is 4. The van der Waals surface area contributed by atoms with Crippen molar-refractivity contribution in [2.24, 2.45) is 5.73 Å². The summed E-state index contributed by atoms with van der Waals surface area (Å²) in [6.07, 6.45) is 0.569. The molecule has 2 aromatic rings. The quantitative estimate of drug-likeness (QED) is 0.868. The van der Waals surface area contributed by atoms with Crippen molar-refractivity contribution in [1.82, 2.24) is 0 Å². The van der Waals surface area contributed by atoms with E-state index in [1.807, 2.05) is 48.5 Å². The van der Waals surface area contributed by atoms with E-state index in [9.17, 15) is 4.79 Å². The lowest BCUT2D eigenvalue weighted by Crippen LogP contribution is -2.33. The van der Waals surface area contributed by atoms with Gasteiger partial charge in [0.25, 0.3) is 0 Å². The predicted octanol–water partition coefficient (Wildman–Crippen LogP) is 3.74. The number of hydrogen-bond acceptors (Lipinski definition) is 2. The summed E-state index contributed by atoms with van der Waals surface area (Å²) in [5.41, 5.74) is 9.06. The van der Waals surface area contributed by atoms with Crippen LogP contribution in [0.3, 0.4) is 0 Å². The van der Waals surface area contributed by atoms with Gasteiger partial charge in [0.05, 0.1) is 6.04 Å². The van der Waals surface area contributed by atoms with Crippen LogP contribution in [0.5, 0.6) is 0 Å². The van der Waals surface area contributed by atoms with Crippen molar-refractivity contribution in [3.8, 4) is 0 Å². The van der Waals surface area contributed by atoms with Gasteiger partial charge in [-0.05, 0) is 29.0 Å². The number of hydrogen-bond donors (Lipinski definition) is 1. The molecule has 2 nitrogen and oxygen atoms in total. The molecule has 0 saturated carbocycles. The Morgan fingerprint density at radius 3 is 2.33 bits per heavy atom. The van der Waals surface area contributed by atoms with Gasteiger partial charge in [0.2, 0.25) is 0 Å². The van der Waals surface area contributed by atoms with Crippen molar-refractivity contribution < 1.29 is 4.79 Å². The van der Waals surface area contributed by atoms with Crippen LogP contribution in [0.2, 0.25) is 0 Å². The molecule has 0 aliphatic heterocycles. The summed E-state index contributed by atoms with van der Waals surface area (Å²) in [5.74, 6) is 0.00459. The molecule has 2 aromatic carbocycles. The van der Waals surface area contributed by atoms with Crippen molar-refractivity contribution in [2.75, 3.05) is 0 Å². The fourth-order valence-corrected chi connectivity index (χ4v) is 2.31. The van der Waals surface area contributed by atoms with Crippen LogP contribution >= 0.6 is 0 Å². The molecule has 0 aliphatic carbocycles. The first-order valence-corrected chi connectivity index (χ1v) is 7.32. The van der Waals surface area contributed by atoms with Crippen LogP contribution in [-0.2, 0) is 11.8 Å². The highest BCUT2D eigenvalue weighted by Gasteiger charge is 2.19. The Morgan fingerprint density at radius 2 is 1.71 bits per heavy atom. The van der Waals surface area contributed by atoms with Gasteiger partial charge < -0.3 is 5.73 Å². The molecule has 0 unspecified atom stereocenters. The van der Waals surface area contributed by atoms with Crippen molar-refractivity contribution in [1.29, 1.82) is 0 Å². The molecule has 0 heterocycles. The molecule has 2 N–H and O–H groups in total. The normalized spacial score (nSPS) is 13.0. The highest BCUT2D eigenvalue weighted by atomic mass is 16.1. The molecule has 0 amide bonds. The van der Waals surface area contributed by atoms with Gasteiger partial charge in [0.15, 0.2) is 5.78 Å². The first kappa shape index (κ1) is 15.5. The molecular weight excluding hydrogens is 258 g/mol. The lowest BCUT2D eigenvalue weighted by atomic mass is 9.85. The molecule has 2 heteroatoms. The third-order valence-corrected chi connectivity index (χ3v) is 3.65. The second-order valence-corrected chi connectivity index (χ2v) is 6.49. The smallest absolute Gasteiger partial charge is 0.179 e. The van der Waals surface area contributed by atoms with E-state index in [0.717, 1.165) is 11.1 Å². The van der Waals surface area contributed by atoms with E-state index in [1.165, 1.54) is 0 Å². The van der Waals surface area contributed by atoms with Crippen molar-refractivity contribution in [3.63, 3.8) is 0 Å². The minimum atomic E-state index is -0.498. The summed E-state index contributed by atoms with van der Waals surface area (Å²) >= 11 is 0. The summed E-state index contributed by atoms with van der Waals surface area (Å²) in [6, 6.07) is 17.2. The second kappa shape index (κ2) is 6.23. The van der Waals surface area contributed by atoms with Crippen molar-refractivity contribution >= 4 is 5.78 Å². The Hall–Kier alpha value is -1.93. The van der Waals surface area contributed by atoms with E-state index >= 15 is 0 Å². The number of ketones is 1. The maximum atomic E-state index is 12.5. The Kier molecular flexibility index (Phi) is 4.59. The zero-order valence-corrected chi connectivity index (χ0v) is 13.0.